The molecule has 2 amide bonds. The van der Waals surface area contributed by atoms with E-state index in [4.69, 9.17) is 9.68 Å². The zero-order chi connectivity index (χ0) is 36.7. The van der Waals surface area contributed by atoms with Gasteiger partial charge in [0.1, 0.15) is 0 Å². The monoisotopic (exact) mass is 1050 g/mol. The fourth-order valence-corrected chi connectivity index (χ4v) is 6.45. The van der Waals surface area contributed by atoms with E-state index in [1.54, 1.807) is 19.1 Å². The van der Waals surface area contributed by atoms with Gasteiger partial charge in [-0.2, -0.15) is 0 Å². The number of amides is 2. The summed E-state index contributed by atoms with van der Waals surface area (Å²) in [6.45, 7) is 6.02. The van der Waals surface area contributed by atoms with E-state index in [-0.39, 0.29) is 38.1 Å². The third-order valence-corrected chi connectivity index (χ3v) is 9.70. The fourth-order valence-electron chi connectivity index (χ4n) is 4.35. The van der Waals surface area contributed by atoms with Gasteiger partial charge in [0.15, 0.2) is 23.3 Å². The Morgan fingerprint density at radius 3 is 1.52 bits per heavy atom. The summed E-state index contributed by atoms with van der Waals surface area (Å²) in [5, 5.41) is 5.65. The van der Waals surface area contributed by atoms with Crippen molar-refractivity contribution in [3.05, 3.63) is 110 Å². The highest BCUT2D eigenvalue weighted by molar-refractivity contribution is 14.1. The van der Waals surface area contributed by atoms with E-state index in [1.165, 1.54) is 12.1 Å². The average Bonchev–Trinajstić information content (AvgIpc) is 3.90. The number of rotatable bonds is 11. The van der Waals surface area contributed by atoms with E-state index in [9.17, 15) is 27.2 Å². The number of hydrogen-bond donors (Lipinski definition) is 4. The SMILES string of the molecule is CCONC(=O)c1cc(Br)c(F)c(F)c1Nc1ccc(I)cc1C.Cc1cc(I)ccc1Nc1c(C(=O)NOCC2CC2)cc(Br)c(F)c1F. The van der Waals surface area contributed by atoms with Crippen LogP contribution < -0.4 is 21.6 Å². The van der Waals surface area contributed by atoms with Crippen LogP contribution in [0.25, 0.3) is 0 Å². The van der Waals surface area contributed by atoms with E-state index in [1.807, 2.05) is 38.1 Å². The molecule has 0 unspecified atom stereocenters. The third kappa shape index (κ3) is 10.5. The van der Waals surface area contributed by atoms with E-state index in [2.05, 4.69) is 98.6 Å². The number of carbonyl (C=O) groups is 2. The lowest BCUT2D eigenvalue weighted by Gasteiger charge is -2.16. The summed E-state index contributed by atoms with van der Waals surface area (Å²) in [5.74, 6) is -5.29. The summed E-state index contributed by atoms with van der Waals surface area (Å²) in [7, 11) is 0. The van der Waals surface area contributed by atoms with Crippen LogP contribution >= 0.6 is 77.0 Å². The molecular formula is C34H30Br2F4I2N4O4. The molecule has 4 aromatic rings. The maximum atomic E-state index is 14.6. The van der Waals surface area contributed by atoms with E-state index >= 15 is 0 Å². The van der Waals surface area contributed by atoms with Gasteiger partial charge in [-0.25, -0.2) is 28.5 Å². The molecule has 4 aromatic carbocycles. The van der Waals surface area contributed by atoms with Crippen molar-refractivity contribution < 1.29 is 36.8 Å². The molecule has 16 heteroatoms. The van der Waals surface area contributed by atoms with Crippen LogP contribution in [0, 0.1) is 50.2 Å². The summed E-state index contributed by atoms with van der Waals surface area (Å²) in [6, 6.07) is 13.4. The van der Waals surface area contributed by atoms with Crippen molar-refractivity contribution in [1.82, 2.24) is 11.0 Å². The van der Waals surface area contributed by atoms with Crippen LogP contribution in [0.5, 0.6) is 0 Å². The Balaban J connectivity index is 0.000000226. The number of aryl methyl sites for hydroxylation is 2. The van der Waals surface area contributed by atoms with Crippen molar-refractivity contribution in [3.8, 4) is 0 Å². The molecule has 8 nitrogen and oxygen atoms in total. The first-order chi connectivity index (χ1) is 23.7. The minimum Gasteiger partial charge on any atom is -0.352 e. The fraction of sp³-hybridized carbons (Fsp3) is 0.235. The summed E-state index contributed by atoms with van der Waals surface area (Å²) < 4.78 is 58.7. The van der Waals surface area contributed by atoms with Crippen LogP contribution in [0.15, 0.2) is 57.5 Å². The van der Waals surface area contributed by atoms with Gasteiger partial charge in [-0.05, 0) is 176 Å². The molecule has 4 N–H and O–H groups in total. The lowest BCUT2D eigenvalue weighted by Crippen LogP contribution is -2.26. The average molecular weight is 1050 g/mol. The minimum atomic E-state index is -1.15. The van der Waals surface area contributed by atoms with Crippen LogP contribution in [-0.4, -0.2) is 25.0 Å². The van der Waals surface area contributed by atoms with Crippen LogP contribution in [0.3, 0.4) is 0 Å². The van der Waals surface area contributed by atoms with Crippen molar-refractivity contribution >= 4 is 112 Å². The molecule has 0 aromatic heterocycles. The summed E-state index contributed by atoms with van der Waals surface area (Å²) in [6.07, 6.45) is 2.15. The molecule has 0 bridgehead atoms. The molecule has 0 atom stereocenters. The molecule has 266 valence electrons. The van der Waals surface area contributed by atoms with Gasteiger partial charge in [0, 0.05) is 18.5 Å². The Kier molecular flexibility index (Phi) is 14.7. The molecule has 0 spiro atoms. The van der Waals surface area contributed by atoms with Gasteiger partial charge in [-0.1, -0.05) is 0 Å². The van der Waals surface area contributed by atoms with Crippen LogP contribution in [0.1, 0.15) is 51.6 Å². The molecular weight excluding hydrogens is 1020 g/mol. The molecule has 0 heterocycles. The van der Waals surface area contributed by atoms with Crippen LogP contribution in [0.2, 0.25) is 0 Å². The van der Waals surface area contributed by atoms with Gasteiger partial charge in [-0.15, -0.1) is 0 Å². The predicted octanol–water partition coefficient (Wildman–Crippen LogP) is 10.5. The van der Waals surface area contributed by atoms with E-state index in [0.29, 0.717) is 23.9 Å². The molecule has 1 aliphatic rings. The van der Waals surface area contributed by atoms with Crippen LogP contribution in [-0.2, 0) is 9.68 Å². The molecule has 1 aliphatic carbocycles. The highest BCUT2D eigenvalue weighted by Gasteiger charge is 2.25. The second-order valence-corrected chi connectivity index (χ2v) is 15.2. The Morgan fingerprint density at radius 2 is 1.14 bits per heavy atom. The highest BCUT2D eigenvalue weighted by Crippen LogP contribution is 2.34. The number of halogens is 8. The Morgan fingerprint density at radius 1 is 0.720 bits per heavy atom. The normalized spacial score (nSPS) is 12.1. The maximum Gasteiger partial charge on any atom is 0.277 e. The van der Waals surface area contributed by atoms with Gasteiger partial charge < -0.3 is 10.6 Å². The third-order valence-electron chi connectivity index (χ3n) is 7.20. The number of hydrogen-bond acceptors (Lipinski definition) is 6. The molecule has 0 saturated heterocycles. The summed E-state index contributed by atoms with van der Waals surface area (Å²) in [4.78, 5) is 34.6. The van der Waals surface area contributed by atoms with Crippen molar-refractivity contribution in [3.63, 3.8) is 0 Å². The van der Waals surface area contributed by atoms with Gasteiger partial charge in [0.05, 0.1) is 44.7 Å². The van der Waals surface area contributed by atoms with Crippen molar-refractivity contribution in [2.75, 3.05) is 23.8 Å². The Bertz CT molecular complexity index is 1920. The van der Waals surface area contributed by atoms with Crippen molar-refractivity contribution in [1.29, 1.82) is 0 Å². The summed E-state index contributed by atoms with van der Waals surface area (Å²) >= 11 is 10.2. The molecule has 0 aliphatic heterocycles. The summed E-state index contributed by atoms with van der Waals surface area (Å²) in [5.41, 5.74) is 6.70. The first-order valence-corrected chi connectivity index (χ1v) is 18.7. The first-order valence-electron chi connectivity index (χ1n) is 15.0. The van der Waals surface area contributed by atoms with Crippen molar-refractivity contribution in [2.45, 2.75) is 33.6 Å². The number of nitrogens with one attached hydrogen (secondary N) is 4. The molecule has 0 radical (unpaired) electrons. The van der Waals surface area contributed by atoms with Crippen LogP contribution in [0.4, 0.5) is 40.3 Å². The zero-order valence-corrected chi connectivity index (χ0v) is 34.2. The topological polar surface area (TPSA) is 101 Å². The number of benzene rings is 4. The van der Waals surface area contributed by atoms with E-state index in [0.717, 1.165) is 31.1 Å². The van der Waals surface area contributed by atoms with E-state index < -0.39 is 35.1 Å². The Hall–Kier alpha value is -2.52. The molecule has 1 fully saturated rings. The predicted molar refractivity (Wildman–Crippen MR) is 208 cm³/mol. The lowest BCUT2D eigenvalue weighted by atomic mass is 10.1. The molecule has 5 rings (SSSR count). The standard InChI is InChI=1S/C18H16BrF2IN2O2.C16H14BrF2IN2O2/c1-9-6-11(22)4-5-14(9)23-17-12(7-13(19)15(20)16(17)21)18(25)24-26-8-10-2-3-10;1-3-24-22-16(23)10-7-11(17)13(18)14(19)15(10)21-12-5-4-9(20)6-8(12)2/h4-7,10,23H,2-3,8H2,1H3,(H,24,25);4-7,21H,3H2,1-2H3,(H,22,23). The minimum absolute atomic E-state index is 0.0514. The second-order valence-electron chi connectivity index (χ2n) is 11.0. The smallest absolute Gasteiger partial charge is 0.277 e. The van der Waals surface area contributed by atoms with Gasteiger partial charge >= 0.3 is 0 Å². The zero-order valence-electron chi connectivity index (χ0n) is 26.7. The number of hydroxylamine groups is 2. The van der Waals surface area contributed by atoms with Gasteiger partial charge in [0.2, 0.25) is 0 Å². The number of carbonyl (C=O) groups excluding carboxylic acids is 2. The largest absolute Gasteiger partial charge is 0.352 e. The lowest BCUT2D eigenvalue weighted by molar-refractivity contribution is 0.0270. The number of anilines is 4. The molecule has 1 saturated carbocycles. The maximum absolute atomic E-state index is 14.6. The second kappa shape index (κ2) is 18.3. The van der Waals surface area contributed by atoms with Gasteiger partial charge in [0.25, 0.3) is 11.8 Å². The highest BCUT2D eigenvalue weighted by atomic mass is 127. The van der Waals surface area contributed by atoms with Gasteiger partial charge in [-0.3, -0.25) is 19.3 Å². The first kappa shape index (κ1) is 40.3. The van der Waals surface area contributed by atoms with Crippen molar-refractivity contribution in [2.24, 2.45) is 5.92 Å². The Labute approximate surface area is 330 Å². The quantitative estimate of drug-likeness (QED) is 0.0517. The molecule has 50 heavy (non-hydrogen) atoms.